The van der Waals surface area contributed by atoms with Gasteiger partial charge in [-0.1, -0.05) is 0 Å². The highest BCUT2D eigenvalue weighted by atomic mass is 16.6. The number of nitro groups is 1. The van der Waals surface area contributed by atoms with Gasteiger partial charge in [0, 0.05) is 63.3 Å². The summed E-state index contributed by atoms with van der Waals surface area (Å²) in [5.41, 5.74) is 0.819. The highest BCUT2D eigenvalue weighted by molar-refractivity contribution is 5.96. The van der Waals surface area contributed by atoms with Crippen LogP contribution in [0.15, 0.2) is 36.8 Å². The van der Waals surface area contributed by atoms with Crippen LogP contribution in [0.25, 0.3) is 0 Å². The Labute approximate surface area is 167 Å². The number of carbonyl (C=O) groups excluding carboxylic acids is 1. The average Bonchev–Trinajstić information content (AvgIpc) is 2.79. The quantitative estimate of drug-likeness (QED) is 0.559. The Morgan fingerprint density at radius 3 is 2.45 bits per heavy atom. The van der Waals surface area contributed by atoms with Gasteiger partial charge in [0.2, 0.25) is 0 Å². The lowest BCUT2D eigenvalue weighted by Gasteiger charge is -2.35. The van der Waals surface area contributed by atoms with Gasteiger partial charge in [0.1, 0.15) is 11.5 Å². The van der Waals surface area contributed by atoms with E-state index in [0.29, 0.717) is 63.7 Å². The van der Waals surface area contributed by atoms with Crippen LogP contribution >= 0.6 is 0 Å². The number of nitrogens with zero attached hydrogens (tertiary/aromatic N) is 6. The molecule has 2 saturated heterocycles. The molecule has 1 aromatic heterocycles. The molecule has 4 rings (SSSR count). The Morgan fingerprint density at radius 2 is 1.79 bits per heavy atom. The number of hydrogen-bond acceptors (Lipinski definition) is 8. The van der Waals surface area contributed by atoms with E-state index < -0.39 is 4.92 Å². The molecule has 2 aromatic rings. The van der Waals surface area contributed by atoms with Crippen LogP contribution in [-0.4, -0.2) is 78.2 Å². The molecule has 152 valence electrons. The zero-order valence-electron chi connectivity index (χ0n) is 15.9. The molecular formula is C19H22N6O4. The maximum Gasteiger partial charge on any atom is 0.293 e. The first-order chi connectivity index (χ1) is 14.1. The summed E-state index contributed by atoms with van der Waals surface area (Å²) in [5, 5.41) is 11.6. The number of amides is 1. The van der Waals surface area contributed by atoms with Crippen molar-refractivity contribution in [2.75, 3.05) is 62.3 Å². The van der Waals surface area contributed by atoms with E-state index in [1.54, 1.807) is 35.6 Å². The second-order valence-corrected chi connectivity index (χ2v) is 6.90. The first-order valence-corrected chi connectivity index (χ1v) is 9.55. The van der Waals surface area contributed by atoms with Crippen molar-refractivity contribution in [3.05, 3.63) is 52.5 Å². The van der Waals surface area contributed by atoms with E-state index in [0.717, 1.165) is 5.82 Å². The highest BCUT2D eigenvalue weighted by Gasteiger charge is 2.27. The molecule has 1 aromatic carbocycles. The molecule has 0 radical (unpaired) electrons. The zero-order chi connectivity index (χ0) is 20.2. The third-order valence-corrected chi connectivity index (χ3v) is 5.21. The van der Waals surface area contributed by atoms with Gasteiger partial charge < -0.3 is 19.4 Å². The van der Waals surface area contributed by atoms with Crippen molar-refractivity contribution in [2.45, 2.75) is 0 Å². The van der Waals surface area contributed by atoms with Gasteiger partial charge in [-0.2, -0.15) is 0 Å². The van der Waals surface area contributed by atoms with Gasteiger partial charge in [0.05, 0.1) is 24.3 Å². The number of aromatic nitrogens is 2. The van der Waals surface area contributed by atoms with E-state index in [1.165, 1.54) is 6.07 Å². The number of piperazine rings is 1. The van der Waals surface area contributed by atoms with E-state index >= 15 is 0 Å². The average molecular weight is 398 g/mol. The molecule has 0 bridgehead atoms. The van der Waals surface area contributed by atoms with Crippen LogP contribution in [0.1, 0.15) is 10.4 Å². The van der Waals surface area contributed by atoms with Crippen molar-refractivity contribution in [1.82, 2.24) is 14.9 Å². The number of carbonyl (C=O) groups is 1. The fourth-order valence-electron chi connectivity index (χ4n) is 3.65. The third kappa shape index (κ3) is 4.11. The molecule has 1 amide bonds. The molecule has 0 atom stereocenters. The number of benzene rings is 1. The van der Waals surface area contributed by atoms with Crippen molar-refractivity contribution in [2.24, 2.45) is 0 Å². The predicted molar refractivity (Wildman–Crippen MR) is 106 cm³/mol. The molecule has 0 saturated carbocycles. The molecule has 10 nitrogen and oxygen atoms in total. The summed E-state index contributed by atoms with van der Waals surface area (Å²) in [6.45, 7) is 4.58. The molecule has 0 spiro atoms. The fourth-order valence-corrected chi connectivity index (χ4v) is 3.65. The van der Waals surface area contributed by atoms with Crippen LogP contribution in [0.2, 0.25) is 0 Å². The molecule has 0 aliphatic carbocycles. The van der Waals surface area contributed by atoms with E-state index in [4.69, 9.17) is 4.74 Å². The van der Waals surface area contributed by atoms with Crippen LogP contribution < -0.4 is 9.80 Å². The van der Waals surface area contributed by atoms with Crippen LogP contribution in [0.5, 0.6) is 0 Å². The molecule has 3 heterocycles. The Hall–Kier alpha value is -3.27. The molecule has 10 heteroatoms. The lowest BCUT2D eigenvalue weighted by atomic mass is 10.1. The second kappa shape index (κ2) is 8.39. The maximum atomic E-state index is 12.9. The molecule has 2 fully saturated rings. The number of nitro benzene ring substituents is 1. The maximum absolute atomic E-state index is 12.9. The first kappa shape index (κ1) is 19.1. The second-order valence-electron chi connectivity index (χ2n) is 6.90. The normalized spacial score (nSPS) is 17.3. The first-order valence-electron chi connectivity index (χ1n) is 9.55. The summed E-state index contributed by atoms with van der Waals surface area (Å²) in [6.07, 6.45) is 4.96. The van der Waals surface area contributed by atoms with Crippen molar-refractivity contribution in [3.8, 4) is 0 Å². The predicted octanol–water partition coefficient (Wildman–Crippen LogP) is 1.18. The van der Waals surface area contributed by atoms with Gasteiger partial charge in [-0.25, -0.2) is 4.98 Å². The van der Waals surface area contributed by atoms with Gasteiger partial charge in [0.15, 0.2) is 0 Å². The van der Waals surface area contributed by atoms with E-state index in [-0.39, 0.29) is 11.6 Å². The van der Waals surface area contributed by atoms with Crippen LogP contribution in [0.4, 0.5) is 17.2 Å². The molecule has 0 N–H and O–H groups in total. The summed E-state index contributed by atoms with van der Waals surface area (Å²) in [6, 6.07) is 4.74. The third-order valence-electron chi connectivity index (χ3n) is 5.21. The van der Waals surface area contributed by atoms with Crippen molar-refractivity contribution >= 4 is 23.1 Å². The molecule has 29 heavy (non-hydrogen) atoms. The van der Waals surface area contributed by atoms with Crippen LogP contribution in [0, 0.1) is 10.1 Å². The monoisotopic (exact) mass is 398 g/mol. The summed E-state index contributed by atoms with van der Waals surface area (Å²) < 4.78 is 5.32. The molecular weight excluding hydrogens is 376 g/mol. The number of morpholine rings is 1. The Balaban J connectivity index is 1.47. The zero-order valence-corrected chi connectivity index (χ0v) is 15.9. The van der Waals surface area contributed by atoms with Gasteiger partial charge >= 0.3 is 0 Å². The van der Waals surface area contributed by atoms with Gasteiger partial charge in [-0.3, -0.25) is 19.9 Å². The van der Waals surface area contributed by atoms with Gasteiger partial charge in [-0.15, -0.1) is 0 Å². The van der Waals surface area contributed by atoms with Crippen molar-refractivity contribution < 1.29 is 14.5 Å². The van der Waals surface area contributed by atoms with Crippen molar-refractivity contribution in [1.29, 1.82) is 0 Å². The molecule has 0 unspecified atom stereocenters. The summed E-state index contributed by atoms with van der Waals surface area (Å²) in [4.78, 5) is 38.2. The standard InChI is InChI=1S/C19H22N6O4/c26-19(24-7-5-23(6-8-24)18-14-20-3-4-21-18)15-1-2-16(17(13-15)25(27)28)22-9-11-29-12-10-22/h1-4,13-14H,5-12H2. The van der Waals surface area contributed by atoms with Gasteiger partial charge in [0.25, 0.3) is 11.6 Å². The van der Waals surface area contributed by atoms with Crippen LogP contribution in [0.3, 0.4) is 0 Å². The van der Waals surface area contributed by atoms with Gasteiger partial charge in [-0.05, 0) is 12.1 Å². The highest BCUT2D eigenvalue weighted by Crippen LogP contribution is 2.30. The number of anilines is 2. The fraction of sp³-hybridized carbons (Fsp3) is 0.421. The molecule has 2 aliphatic heterocycles. The summed E-state index contributed by atoms with van der Waals surface area (Å²) in [5.74, 6) is 0.588. The minimum absolute atomic E-state index is 0.0454. The topological polar surface area (TPSA) is 105 Å². The molecule has 2 aliphatic rings. The number of ether oxygens (including phenoxy) is 1. The summed E-state index contributed by atoms with van der Waals surface area (Å²) >= 11 is 0. The minimum Gasteiger partial charge on any atom is -0.378 e. The van der Waals surface area contributed by atoms with E-state index in [2.05, 4.69) is 14.9 Å². The van der Waals surface area contributed by atoms with E-state index in [9.17, 15) is 14.9 Å². The lowest BCUT2D eigenvalue weighted by Crippen LogP contribution is -2.49. The van der Waals surface area contributed by atoms with Crippen LogP contribution in [-0.2, 0) is 4.74 Å². The van der Waals surface area contributed by atoms with E-state index in [1.807, 2.05) is 4.90 Å². The Kier molecular flexibility index (Phi) is 5.52. The Bertz CT molecular complexity index is 880. The number of hydrogen-bond donors (Lipinski definition) is 0. The summed E-state index contributed by atoms with van der Waals surface area (Å²) in [7, 11) is 0. The Morgan fingerprint density at radius 1 is 1.03 bits per heavy atom. The smallest absolute Gasteiger partial charge is 0.293 e. The van der Waals surface area contributed by atoms with Crippen molar-refractivity contribution in [3.63, 3.8) is 0 Å². The minimum atomic E-state index is -0.423. The largest absolute Gasteiger partial charge is 0.378 e. The SMILES string of the molecule is O=C(c1ccc(N2CCOCC2)c([N+](=O)[O-])c1)N1CCN(c2cnccn2)CC1. The lowest BCUT2D eigenvalue weighted by molar-refractivity contribution is -0.384. The number of rotatable bonds is 4.